The number of anilines is 1. The Balaban J connectivity index is 2.16. The van der Waals surface area contributed by atoms with E-state index in [2.05, 4.69) is 17.1 Å². The van der Waals surface area contributed by atoms with Gasteiger partial charge in [0, 0.05) is 17.4 Å². The topological polar surface area (TPSA) is 38.9 Å². The predicted molar refractivity (Wildman–Crippen MR) is 71.1 cm³/mol. The molecule has 1 aliphatic carbocycles. The second kappa shape index (κ2) is 4.04. The minimum atomic E-state index is 0.502. The lowest BCUT2D eigenvalue weighted by Gasteiger charge is -2.10. The van der Waals surface area contributed by atoms with Gasteiger partial charge < -0.3 is 5.73 Å². The molecule has 3 rings (SSSR count). The van der Waals surface area contributed by atoms with Gasteiger partial charge in [0.25, 0.3) is 0 Å². The number of halogens is 1. The van der Waals surface area contributed by atoms with Crippen LogP contribution in [0.25, 0.3) is 11.1 Å². The highest BCUT2D eigenvalue weighted by atomic mass is 35.5. The molecule has 0 saturated heterocycles. The monoisotopic (exact) mass is 244 g/mol. The number of nitrogens with zero attached hydrogens (tertiary/aromatic N) is 1. The van der Waals surface area contributed by atoms with Crippen LogP contribution in [0.5, 0.6) is 0 Å². The number of fused-ring (bicyclic) bond motifs is 1. The molecule has 1 aliphatic rings. The third-order valence-corrected chi connectivity index (χ3v) is 3.57. The first-order chi connectivity index (χ1) is 8.25. The summed E-state index contributed by atoms with van der Waals surface area (Å²) in [5.74, 6) is 0. The van der Waals surface area contributed by atoms with E-state index in [0.717, 1.165) is 29.7 Å². The highest BCUT2D eigenvalue weighted by Crippen LogP contribution is 2.35. The van der Waals surface area contributed by atoms with E-state index in [4.69, 9.17) is 17.3 Å². The van der Waals surface area contributed by atoms with Crippen LogP contribution in [0.2, 0.25) is 5.15 Å². The van der Waals surface area contributed by atoms with Crippen molar-refractivity contribution in [3.8, 4) is 11.1 Å². The molecule has 1 aromatic heterocycles. The van der Waals surface area contributed by atoms with Crippen LogP contribution in [0.3, 0.4) is 0 Å². The Morgan fingerprint density at radius 2 is 2.06 bits per heavy atom. The minimum absolute atomic E-state index is 0.502. The summed E-state index contributed by atoms with van der Waals surface area (Å²) in [5, 5.41) is 0.502. The Hall–Kier alpha value is -1.54. The molecule has 2 nitrogen and oxygen atoms in total. The Kier molecular flexibility index (Phi) is 2.52. The third kappa shape index (κ3) is 1.79. The van der Waals surface area contributed by atoms with E-state index >= 15 is 0 Å². The lowest BCUT2D eigenvalue weighted by molar-refractivity contribution is 0.912. The molecular formula is C14H13ClN2. The molecule has 2 aromatic rings. The van der Waals surface area contributed by atoms with Crippen molar-refractivity contribution in [1.29, 1.82) is 0 Å². The molecule has 0 amide bonds. The Morgan fingerprint density at radius 1 is 1.18 bits per heavy atom. The van der Waals surface area contributed by atoms with Gasteiger partial charge in [0.05, 0.1) is 0 Å². The van der Waals surface area contributed by atoms with E-state index in [-0.39, 0.29) is 0 Å². The number of rotatable bonds is 1. The molecule has 86 valence electrons. The van der Waals surface area contributed by atoms with Gasteiger partial charge >= 0.3 is 0 Å². The second-order valence-electron chi connectivity index (χ2n) is 4.39. The summed E-state index contributed by atoms with van der Waals surface area (Å²) in [4.78, 5) is 3.99. The number of nitrogens with two attached hydrogens (primary N) is 1. The molecule has 1 aromatic carbocycles. The van der Waals surface area contributed by atoms with Crippen molar-refractivity contribution in [1.82, 2.24) is 4.98 Å². The predicted octanol–water partition coefficient (Wildman–Crippen LogP) is 3.47. The van der Waals surface area contributed by atoms with Crippen LogP contribution >= 0.6 is 11.6 Å². The van der Waals surface area contributed by atoms with Gasteiger partial charge in [-0.2, -0.15) is 0 Å². The molecule has 2 N–H and O–H groups in total. The Bertz CT molecular complexity index is 578. The van der Waals surface area contributed by atoms with Gasteiger partial charge in [-0.3, -0.25) is 0 Å². The highest BCUT2D eigenvalue weighted by Gasteiger charge is 2.16. The van der Waals surface area contributed by atoms with E-state index in [9.17, 15) is 0 Å². The van der Waals surface area contributed by atoms with E-state index in [1.54, 1.807) is 6.20 Å². The van der Waals surface area contributed by atoms with E-state index in [1.165, 1.54) is 17.5 Å². The smallest absolute Gasteiger partial charge is 0.129 e. The molecule has 0 atom stereocenters. The quantitative estimate of drug-likeness (QED) is 0.616. The molecule has 3 heteroatoms. The maximum absolute atomic E-state index is 6.25. The first kappa shape index (κ1) is 10.6. The van der Waals surface area contributed by atoms with Crippen molar-refractivity contribution >= 4 is 17.3 Å². The first-order valence-corrected chi connectivity index (χ1v) is 6.15. The fraction of sp³-hybridized carbons (Fsp3) is 0.214. The van der Waals surface area contributed by atoms with Crippen LogP contribution in [-0.2, 0) is 12.8 Å². The molecule has 0 saturated carbocycles. The van der Waals surface area contributed by atoms with Crippen molar-refractivity contribution in [2.24, 2.45) is 0 Å². The van der Waals surface area contributed by atoms with Gasteiger partial charge in [-0.1, -0.05) is 23.7 Å². The lowest BCUT2D eigenvalue weighted by Crippen LogP contribution is -1.97. The highest BCUT2D eigenvalue weighted by molar-refractivity contribution is 6.29. The lowest BCUT2D eigenvalue weighted by atomic mass is 9.98. The fourth-order valence-electron chi connectivity index (χ4n) is 2.52. The molecular weight excluding hydrogens is 232 g/mol. The summed E-state index contributed by atoms with van der Waals surface area (Å²) in [5.41, 5.74) is 12.0. The fourth-order valence-corrected chi connectivity index (χ4v) is 2.69. The Morgan fingerprint density at radius 3 is 2.88 bits per heavy atom. The summed E-state index contributed by atoms with van der Waals surface area (Å²) in [7, 11) is 0. The number of pyridine rings is 1. The van der Waals surface area contributed by atoms with Gasteiger partial charge in [0.1, 0.15) is 5.15 Å². The first-order valence-electron chi connectivity index (χ1n) is 5.78. The maximum atomic E-state index is 6.25. The summed E-state index contributed by atoms with van der Waals surface area (Å²) >= 11 is 5.91. The van der Waals surface area contributed by atoms with Crippen LogP contribution < -0.4 is 5.73 Å². The van der Waals surface area contributed by atoms with Gasteiger partial charge in [-0.05, 0) is 48.1 Å². The number of hydrogen-bond acceptors (Lipinski definition) is 2. The van der Waals surface area contributed by atoms with E-state index in [0.29, 0.717) is 5.15 Å². The zero-order chi connectivity index (χ0) is 11.8. The molecule has 1 heterocycles. The average molecular weight is 245 g/mol. The van der Waals surface area contributed by atoms with Crippen LogP contribution in [0.4, 0.5) is 5.69 Å². The van der Waals surface area contributed by atoms with Crippen LogP contribution in [-0.4, -0.2) is 4.98 Å². The number of hydrogen-bond donors (Lipinski definition) is 1. The van der Waals surface area contributed by atoms with Crippen LogP contribution in [0, 0.1) is 0 Å². The second-order valence-corrected chi connectivity index (χ2v) is 4.77. The molecule has 17 heavy (non-hydrogen) atoms. The number of aromatic nitrogens is 1. The summed E-state index contributed by atoms with van der Waals surface area (Å²) in [6.07, 6.45) is 5.16. The van der Waals surface area contributed by atoms with Crippen molar-refractivity contribution in [2.75, 3.05) is 5.73 Å². The summed E-state index contributed by atoms with van der Waals surface area (Å²) < 4.78 is 0. The molecule has 0 radical (unpaired) electrons. The molecule has 0 aliphatic heterocycles. The molecule has 0 spiro atoms. The molecule has 0 fully saturated rings. The largest absolute Gasteiger partial charge is 0.398 e. The summed E-state index contributed by atoms with van der Waals surface area (Å²) in [6, 6.07) is 8.07. The van der Waals surface area contributed by atoms with Gasteiger partial charge in [-0.15, -0.1) is 0 Å². The maximum Gasteiger partial charge on any atom is 0.129 e. The third-order valence-electron chi connectivity index (χ3n) is 3.36. The summed E-state index contributed by atoms with van der Waals surface area (Å²) in [6.45, 7) is 0. The van der Waals surface area contributed by atoms with Crippen LogP contribution in [0.1, 0.15) is 17.5 Å². The van der Waals surface area contributed by atoms with Crippen LogP contribution in [0.15, 0.2) is 30.5 Å². The standard InChI is InChI=1S/C14H13ClN2/c15-13-8-10(6-7-17-13)12-5-4-9-2-1-3-11(9)14(12)16/h4-8H,1-3,16H2. The minimum Gasteiger partial charge on any atom is -0.398 e. The number of benzene rings is 1. The Labute approximate surface area is 105 Å². The normalized spacial score (nSPS) is 13.7. The SMILES string of the molecule is Nc1c(-c2ccnc(Cl)c2)ccc2c1CCC2. The van der Waals surface area contributed by atoms with Gasteiger partial charge in [0.2, 0.25) is 0 Å². The molecule has 0 bridgehead atoms. The van der Waals surface area contributed by atoms with Gasteiger partial charge in [-0.25, -0.2) is 4.98 Å². The number of aryl methyl sites for hydroxylation is 1. The average Bonchev–Trinajstić information content (AvgIpc) is 2.78. The molecule has 0 unspecified atom stereocenters. The zero-order valence-corrected chi connectivity index (χ0v) is 10.2. The van der Waals surface area contributed by atoms with Crippen molar-refractivity contribution < 1.29 is 0 Å². The van der Waals surface area contributed by atoms with Crippen molar-refractivity contribution in [3.63, 3.8) is 0 Å². The van der Waals surface area contributed by atoms with Gasteiger partial charge in [0.15, 0.2) is 0 Å². The van der Waals surface area contributed by atoms with Crippen molar-refractivity contribution in [2.45, 2.75) is 19.3 Å². The zero-order valence-electron chi connectivity index (χ0n) is 9.41. The van der Waals surface area contributed by atoms with E-state index < -0.39 is 0 Å². The van der Waals surface area contributed by atoms with E-state index in [1.807, 2.05) is 12.1 Å². The van der Waals surface area contributed by atoms with Crippen molar-refractivity contribution in [3.05, 3.63) is 46.7 Å². The number of nitrogen functional groups attached to an aromatic ring is 1.